The molecule has 1 aromatic carbocycles. The molecule has 2 unspecified atom stereocenters. The molecule has 1 saturated heterocycles. The summed E-state index contributed by atoms with van der Waals surface area (Å²) < 4.78 is 5.66. The Labute approximate surface area is 114 Å². The van der Waals surface area contributed by atoms with E-state index in [9.17, 15) is 0 Å². The maximum atomic E-state index is 6.00. The lowest BCUT2D eigenvalue weighted by molar-refractivity contribution is 0.0983. The molecule has 3 heteroatoms. The molecule has 1 aromatic rings. The Morgan fingerprint density at radius 1 is 1.44 bits per heavy atom. The van der Waals surface area contributed by atoms with Gasteiger partial charge in [-0.2, -0.15) is 0 Å². The molecule has 18 heavy (non-hydrogen) atoms. The Morgan fingerprint density at radius 2 is 2.33 bits per heavy atom. The first-order valence-electron chi connectivity index (χ1n) is 6.84. The molecule has 2 N–H and O–H groups in total. The van der Waals surface area contributed by atoms with Crippen molar-refractivity contribution < 1.29 is 4.74 Å². The topological polar surface area (TPSA) is 35.2 Å². The van der Waals surface area contributed by atoms with Crippen molar-refractivity contribution in [1.82, 2.24) is 0 Å². The molecule has 0 spiro atoms. The number of ether oxygens (including phenoxy) is 1. The van der Waals surface area contributed by atoms with Crippen molar-refractivity contribution in [2.75, 3.05) is 13.2 Å². The van der Waals surface area contributed by atoms with Crippen LogP contribution in [0.25, 0.3) is 0 Å². The van der Waals surface area contributed by atoms with Gasteiger partial charge in [-0.15, -0.1) is 0 Å². The highest BCUT2D eigenvalue weighted by Gasteiger charge is 2.17. The SMILES string of the molecule is NCC(CCC1CCCO1)Cc1cccc(Cl)c1. The van der Waals surface area contributed by atoms with Gasteiger partial charge in [-0.3, -0.25) is 0 Å². The van der Waals surface area contributed by atoms with E-state index >= 15 is 0 Å². The normalized spacial score (nSPS) is 21.1. The lowest BCUT2D eigenvalue weighted by Gasteiger charge is -2.17. The third-order valence-electron chi connectivity index (χ3n) is 3.67. The summed E-state index contributed by atoms with van der Waals surface area (Å²) in [5, 5.41) is 0.808. The molecule has 0 aliphatic carbocycles. The molecule has 1 aliphatic rings. The molecule has 2 nitrogen and oxygen atoms in total. The maximum Gasteiger partial charge on any atom is 0.0576 e. The molecular weight excluding hydrogens is 246 g/mol. The summed E-state index contributed by atoms with van der Waals surface area (Å²) in [6, 6.07) is 8.08. The second kappa shape index (κ2) is 7.13. The van der Waals surface area contributed by atoms with Gasteiger partial charge in [-0.25, -0.2) is 0 Å². The molecule has 1 heterocycles. The zero-order valence-corrected chi connectivity index (χ0v) is 11.5. The van der Waals surface area contributed by atoms with Crippen molar-refractivity contribution in [2.45, 2.75) is 38.2 Å². The summed E-state index contributed by atoms with van der Waals surface area (Å²) in [5.74, 6) is 0.535. The van der Waals surface area contributed by atoms with Gasteiger partial charge in [0.25, 0.3) is 0 Å². The van der Waals surface area contributed by atoms with Gasteiger partial charge in [-0.1, -0.05) is 23.7 Å². The van der Waals surface area contributed by atoms with E-state index in [4.69, 9.17) is 22.1 Å². The van der Waals surface area contributed by atoms with E-state index in [1.165, 1.54) is 18.4 Å². The van der Waals surface area contributed by atoms with Gasteiger partial charge in [0, 0.05) is 11.6 Å². The number of hydrogen-bond donors (Lipinski definition) is 1. The van der Waals surface area contributed by atoms with E-state index in [0.29, 0.717) is 12.0 Å². The van der Waals surface area contributed by atoms with Crippen LogP contribution in [0.2, 0.25) is 5.02 Å². The van der Waals surface area contributed by atoms with E-state index in [-0.39, 0.29) is 0 Å². The molecule has 0 saturated carbocycles. The van der Waals surface area contributed by atoms with Crippen LogP contribution in [0.15, 0.2) is 24.3 Å². The van der Waals surface area contributed by atoms with Gasteiger partial charge < -0.3 is 10.5 Å². The number of benzene rings is 1. The average molecular weight is 268 g/mol. The average Bonchev–Trinajstić information content (AvgIpc) is 2.87. The minimum atomic E-state index is 0.471. The molecule has 0 radical (unpaired) electrons. The van der Waals surface area contributed by atoms with Gasteiger partial charge in [0.15, 0.2) is 0 Å². The van der Waals surface area contributed by atoms with Crippen molar-refractivity contribution in [2.24, 2.45) is 11.7 Å². The summed E-state index contributed by atoms with van der Waals surface area (Å²) in [6.45, 7) is 1.67. The first-order valence-corrected chi connectivity index (χ1v) is 7.22. The first kappa shape index (κ1) is 13.9. The van der Waals surface area contributed by atoms with Crippen LogP contribution in [-0.4, -0.2) is 19.3 Å². The molecular formula is C15H22ClNO. The molecule has 2 atom stereocenters. The van der Waals surface area contributed by atoms with Gasteiger partial charge >= 0.3 is 0 Å². The van der Waals surface area contributed by atoms with Gasteiger partial charge in [0.1, 0.15) is 0 Å². The minimum Gasteiger partial charge on any atom is -0.378 e. The number of nitrogens with two attached hydrogens (primary N) is 1. The fourth-order valence-electron chi connectivity index (χ4n) is 2.59. The summed E-state index contributed by atoms with van der Waals surface area (Å²) in [6.07, 6.45) is 6.21. The predicted octanol–water partition coefficient (Wildman–Crippen LogP) is 3.42. The smallest absolute Gasteiger partial charge is 0.0576 e. The number of halogens is 1. The van der Waals surface area contributed by atoms with Crippen molar-refractivity contribution in [3.8, 4) is 0 Å². The number of hydrogen-bond acceptors (Lipinski definition) is 2. The van der Waals surface area contributed by atoms with Crippen LogP contribution >= 0.6 is 11.6 Å². The van der Waals surface area contributed by atoms with Crippen LogP contribution in [0.1, 0.15) is 31.2 Å². The fraction of sp³-hybridized carbons (Fsp3) is 0.600. The van der Waals surface area contributed by atoms with E-state index in [2.05, 4.69) is 6.07 Å². The lowest BCUT2D eigenvalue weighted by Crippen LogP contribution is -2.19. The molecule has 2 rings (SSSR count). The van der Waals surface area contributed by atoms with E-state index < -0.39 is 0 Å². The molecule has 1 aliphatic heterocycles. The Hall–Kier alpha value is -0.570. The van der Waals surface area contributed by atoms with Crippen LogP contribution < -0.4 is 5.73 Å². The van der Waals surface area contributed by atoms with Gasteiger partial charge in [0.05, 0.1) is 6.10 Å². The van der Waals surface area contributed by atoms with Gasteiger partial charge in [0.2, 0.25) is 0 Å². The third kappa shape index (κ3) is 4.27. The highest BCUT2D eigenvalue weighted by Crippen LogP contribution is 2.22. The zero-order chi connectivity index (χ0) is 12.8. The third-order valence-corrected chi connectivity index (χ3v) is 3.90. The Kier molecular flexibility index (Phi) is 5.48. The standard InChI is InChI=1S/C15H22ClNO/c16-14-4-1-3-12(10-14)9-13(11-17)6-7-15-5-2-8-18-15/h1,3-4,10,13,15H,2,5-9,11,17H2. The Bertz CT molecular complexity index is 363. The lowest BCUT2D eigenvalue weighted by atomic mass is 9.93. The molecule has 0 bridgehead atoms. The van der Waals surface area contributed by atoms with Gasteiger partial charge in [-0.05, 0) is 62.3 Å². The summed E-state index contributed by atoms with van der Waals surface area (Å²) in [5.41, 5.74) is 7.15. The van der Waals surface area contributed by atoms with Crippen LogP contribution in [0, 0.1) is 5.92 Å². The second-order valence-electron chi connectivity index (χ2n) is 5.15. The van der Waals surface area contributed by atoms with Crippen LogP contribution in [0.3, 0.4) is 0 Å². The molecule has 1 fully saturated rings. The number of rotatable bonds is 6. The van der Waals surface area contributed by atoms with Crippen LogP contribution in [0.4, 0.5) is 0 Å². The summed E-state index contributed by atoms with van der Waals surface area (Å²) in [4.78, 5) is 0. The molecule has 0 aromatic heterocycles. The molecule has 0 amide bonds. The fourth-order valence-corrected chi connectivity index (χ4v) is 2.81. The van der Waals surface area contributed by atoms with Crippen molar-refractivity contribution in [3.05, 3.63) is 34.9 Å². The maximum absolute atomic E-state index is 6.00. The minimum absolute atomic E-state index is 0.471. The Balaban J connectivity index is 1.81. The second-order valence-corrected chi connectivity index (χ2v) is 5.58. The summed E-state index contributed by atoms with van der Waals surface area (Å²) in [7, 11) is 0. The van der Waals surface area contributed by atoms with Crippen LogP contribution in [-0.2, 0) is 11.2 Å². The largest absolute Gasteiger partial charge is 0.378 e. The predicted molar refractivity (Wildman–Crippen MR) is 75.9 cm³/mol. The Morgan fingerprint density at radius 3 is 3.00 bits per heavy atom. The monoisotopic (exact) mass is 267 g/mol. The molecule has 100 valence electrons. The quantitative estimate of drug-likeness (QED) is 0.857. The first-order chi connectivity index (χ1) is 8.78. The van der Waals surface area contributed by atoms with E-state index in [1.54, 1.807) is 0 Å². The summed E-state index contributed by atoms with van der Waals surface area (Å²) >= 11 is 6.00. The van der Waals surface area contributed by atoms with Crippen molar-refractivity contribution in [1.29, 1.82) is 0 Å². The highest BCUT2D eigenvalue weighted by molar-refractivity contribution is 6.30. The van der Waals surface area contributed by atoms with Crippen molar-refractivity contribution >= 4 is 11.6 Å². The van der Waals surface area contributed by atoms with E-state index in [0.717, 1.165) is 37.4 Å². The highest BCUT2D eigenvalue weighted by atomic mass is 35.5. The van der Waals surface area contributed by atoms with Crippen LogP contribution in [0.5, 0.6) is 0 Å². The van der Waals surface area contributed by atoms with Crippen molar-refractivity contribution in [3.63, 3.8) is 0 Å². The van der Waals surface area contributed by atoms with E-state index in [1.807, 2.05) is 18.2 Å². The zero-order valence-electron chi connectivity index (χ0n) is 10.8.